The molecule has 4 rings (SSSR count). The summed E-state index contributed by atoms with van der Waals surface area (Å²) >= 11 is 1.73. The number of thioether (sulfide) groups is 1. The van der Waals surface area contributed by atoms with Crippen molar-refractivity contribution in [3.63, 3.8) is 0 Å². The van der Waals surface area contributed by atoms with Crippen molar-refractivity contribution in [1.29, 1.82) is 0 Å². The lowest BCUT2D eigenvalue weighted by Crippen LogP contribution is -2.50. The van der Waals surface area contributed by atoms with Crippen molar-refractivity contribution in [2.45, 2.75) is 38.9 Å². The van der Waals surface area contributed by atoms with Gasteiger partial charge in [-0.1, -0.05) is 44.2 Å². The maximum Gasteiger partial charge on any atom is 0.255 e. The van der Waals surface area contributed by atoms with Gasteiger partial charge in [-0.3, -0.25) is 9.59 Å². The summed E-state index contributed by atoms with van der Waals surface area (Å²) in [5.41, 5.74) is 3.50. The summed E-state index contributed by atoms with van der Waals surface area (Å²) in [6.45, 7) is 4.43. The molecule has 0 saturated carbocycles. The van der Waals surface area contributed by atoms with E-state index in [1.807, 2.05) is 62.4 Å². The number of para-hydroxylation sites is 2. The summed E-state index contributed by atoms with van der Waals surface area (Å²) < 4.78 is 0. The van der Waals surface area contributed by atoms with E-state index in [0.717, 1.165) is 34.6 Å². The molecule has 0 saturated heterocycles. The number of rotatable bonds is 8. The highest BCUT2D eigenvalue weighted by atomic mass is 32.2. The number of imidazole rings is 1. The molecule has 2 atom stereocenters. The van der Waals surface area contributed by atoms with Gasteiger partial charge in [-0.05, 0) is 48.1 Å². The Bertz CT molecular complexity index is 1060. The molecule has 0 fully saturated rings. The predicted octanol–water partition coefficient (Wildman–Crippen LogP) is 4.15. The minimum absolute atomic E-state index is 0.0184. The van der Waals surface area contributed by atoms with Gasteiger partial charge in [-0.25, -0.2) is 4.98 Å². The second-order valence-corrected chi connectivity index (χ2v) is 9.25. The van der Waals surface area contributed by atoms with Crippen molar-refractivity contribution in [2.75, 3.05) is 12.0 Å². The number of H-pyrrole nitrogens is 1. The van der Waals surface area contributed by atoms with E-state index in [0.29, 0.717) is 12.1 Å². The fourth-order valence-electron chi connectivity index (χ4n) is 4.21. The van der Waals surface area contributed by atoms with E-state index < -0.39 is 6.04 Å². The van der Waals surface area contributed by atoms with Crippen LogP contribution in [0.25, 0.3) is 11.0 Å². The molecule has 2 amide bonds. The SMILES string of the molecule is CSCC[C@H](NC(=O)[C@@H](C(C)C)N1Cc2ccccc2C1=O)c1nc2ccccc2[nH]1. The fraction of sp³-hybridized carbons (Fsp3) is 0.375. The van der Waals surface area contributed by atoms with Crippen LogP contribution in [-0.4, -0.2) is 44.7 Å². The second-order valence-electron chi connectivity index (χ2n) is 8.26. The maximum atomic E-state index is 13.5. The minimum atomic E-state index is -0.541. The van der Waals surface area contributed by atoms with Crippen LogP contribution in [0.3, 0.4) is 0 Å². The van der Waals surface area contributed by atoms with Crippen molar-refractivity contribution in [3.8, 4) is 0 Å². The smallest absolute Gasteiger partial charge is 0.255 e. The summed E-state index contributed by atoms with van der Waals surface area (Å²) in [6.07, 6.45) is 2.81. The summed E-state index contributed by atoms with van der Waals surface area (Å²) in [5.74, 6) is 1.41. The number of amides is 2. The van der Waals surface area contributed by atoms with Gasteiger partial charge in [0.1, 0.15) is 11.9 Å². The van der Waals surface area contributed by atoms with Crippen LogP contribution in [0, 0.1) is 5.92 Å². The van der Waals surface area contributed by atoms with E-state index in [-0.39, 0.29) is 23.8 Å². The van der Waals surface area contributed by atoms with Crippen molar-refractivity contribution in [3.05, 3.63) is 65.5 Å². The molecule has 6 nitrogen and oxygen atoms in total. The Morgan fingerprint density at radius 3 is 2.65 bits per heavy atom. The third kappa shape index (κ3) is 4.32. The molecule has 1 aromatic heterocycles. The average Bonchev–Trinajstić information content (AvgIpc) is 3.33. The topological polar surface area (TPSA) is 78.1 Å². The molecule has 0 bridgehead atoms. The zero-order valence-corrected chi connectivity index (χ0v) is 18.9. The molecule has 0 unspecified atom stereocenters. The standard InChI is InChI=1S/C24H28N4O2S/c1-15(2)21(28-14-16-8-4-5-9-17(16)24(28)30)23(29)27-20(12-13-31-3)22-25-18-10-6-7-11-19(18)26-22/h4-11,15,20-21H,12-14H2,1-3H3,(H,25,26)(H,27,29)/t20-,21+/m0/s1. The number of fused-ring (bicyclic) bond motifs is 2. The molecule has 31 heavy (non-hydrogen) atoms. The lowest BCUT2D eigenvalue weighted by Gasteiger charge is -2.31. The average molecular weight is 437 g/mol. The van der Waals surface area contributed by atoms with Gasteiger partial charge >= 0.3 is 0 Å². The number of benzene rings is 2. The van der Waals surface area contributed by atoms with E-state index in [1.165, 1.54) is 0 Å². The molecule has 2 N–H and O–H groups in total. The molecule has 162 valence electrons. The number of aromatic nitrogens is 2. The summed E-state index contributed by atoms with van der Waals surface area (Å²) in [5, 5.41) is 3.19. The molecular weight excluding hydrogens is 408 g/mol. The molecule has 0 spiro atoms. The highest BCUT2D eigenvalue weighted by molar-refractivity contribution is 7.98. The Balaban J connectivity index is 1.58. The predicted molar refractivity (Wildman–Crippen MR) is 125 cm³/mol. The number of carbonyl (C=O) groups is 2. The van der Waals surface area contributed by atoms with E-state index in [1.54, 1.807) is 16.7 Å². The quantitative estimate of drug-likeness (QED) is 0.556. The Kier molecular flexibility index (Phi) is 6.32. The zero-order chi connectivity index (χ0) is 22.0. The molecule has 3 aromatic rings. The molecule has 7 heteroatoms. The van der Waals surface area contributed by atoms with Crippen molar-refractivity contribution < 1.29 is 9.59 Å². The normalized spacial score (nSPS) is 15.4. The molecule has 0 radical (unpaired) electrons. The first-order valence-electron chi connectivity index (χ1n) is 10.6. The van der Waals surface area contributed by atoms with Crippen molar-refractivity contribution in [1.82, 2.24) is 20.2 Å². The number of nitrogens with one attached hydrogen (secondary N) is 2. The molecule has 0 aliphatic carbocycles. The van der Waals surface area contributed by atoms with Crippen molar-refractivity contribution in [2.24, 2.45) is 5.92 Å². The fourth-order valence-corrected chi connectivity index (χ4v) is 4.68. The molecule has 2 aromatic carbocycles. The lowest BCUT2D eigenvalue weighted by atomic mass is 10.0. The first kappa shape index (κ1) is 21.4. The summed E-state index contributed by atoms with van der Waals surface area (Å²) in [7, 11) is 0. The second kappa shape index (κ2) is 9.14. The Morgan fingerprint density at radius 2 is 1.94 bits per heavy atom. The van der Waals surface area contributed by atoms with Gasteiger partial charge in [-0.15, -0.1) is 0 Å². The minimum Gasteiger partial charge on any atom is -0.344 e. The van der Waals surface area contributed by atoms with Gasteiger partial charge in [0.15, 0.2) is 0 Å². The zero-order valence-electron chi connectivity index (χ0n) is 18.1. The Hall–Kier alpha value is -2.80. The van der Waals surface area contributed by atoms with Gasteiger partial charge in [0.25, 0.3) is 5.91 Å². The van der Waals surface area contributed by atoms with E-state index >= 15 is 0 Å². The van der Waals surface area contributed by atoms with E-state index in [2.05, 4.69) is 16.6 Å². The van der Waals surface area contributed by atoms with Gasteiger partial charge in [0.2, 0.25) is 5.91 Å². The highest BCUT2D eigenvalue weighted by Crippen LogP contribution is 2.28. The third-order valence-electron chi connectivity index (χ3n) is 5.75. The molecule has 2 heterocycles. The molecule has 1 aliphatic heterocycles. The van der Waals surface area contributed by atoms with Crippen LogP contribution in [-0.2, 0) is 11.3 Å². The largest absolute Gasteiger partial charge is 0.344 e. The summed E-state index contributed by atoms with van der Waals surface area (Å²) in [6, 6.07) is 14.7. The van der Waals surface area contributed by atoms with Crippen LogP contribution in [0.5, 0.6) is 0 Å². The molecular formula is C24H28N4O2S. The maximum absolute atomic E-state index is 13.5. The van der Waals surface area contributed by atoms with Crippen LogP contribution in [0.2, 0.25) is 0 Å². The van der Waals surface area contributed by atoms with E-state index in [4.69, 9.17) is 4.98 Å². The Labute approximate surface area is 186 Å². The number of carbonyl (C=O) groups excluding carboxylic acids is 2. The third-order valence-corrected chi connectivity index (χ3v) is 6.39. The Morgan fingerprint density at radius 1 is 1.19 bits per heavy atom. The van der Waals surface area contributed by atoms with Gasteiger partial charge in [0, 0.05) is 12.1 Å². The van der Waals surface area contributed by atoms with Crippen LogP contribution < -0.4 is 5.32 Å². The van der Waals surface area contributed by atoms with Gasteiger partial charge in [-0.2, -0.15) is 11.8 Å². The lowest BCUT2D eigenvalue weighted by molar-refractivity contribution is -0.128. The number of hydrogen-bond donors (Lipinski definition) is 2. The van der Waals surface area contributed by atoms with Gasteiger partial charge < -0.3 is 15.2 Å². The van der Waals surface area contributed by atoms with Crippen LogP contribution >= 0.6 is 11.8 Å². The van der Waals surface area contributed by atoms with Crippen LogP contribution in [0.1, 0.15) is 48.1 Å². The number of hydrogen-bond acceptors (Lipinski definition) is 4. The first-order valence-corrected chi connectivity index (χ1v) is 12.0. The van der Waals surface area contributed by atoms with E-state index in [9.17, 15) is 9.59 Å². The van der Waals surface area contributed by atoms with Gasteiger partial charge in [0.05, 0.1) is 17.1 Å². The van der Waals surface area contributed by atoms with Crippen molar-refractivity contribution >= 4 is 34.6 Å². The number of nitrogens with zero attached hydrogens (tertiary/aromatic N) is 2. The molecule has 1 aliphatic rings. The monoisotopic (exact) mass is 436 g/mol. The summed E-state index contributed by atoms with van der Waals surface area (Å²) in [4.78, 5) is 36.3. The first-order chi connectivity index (χ1) is 15.0. The van der Waals surface area contributed by atoms with Crippen LogP contribution in [0.15, 0.2) is 48.5 Å². The number of aromatic amines is 1. The van der Waals surface area contributed by atoms with Crippen LogP contribution in [0.4, 0.5) is 0 Å². The highest BCUT2D eigenvalue weighted by Gasteiger charge is 2.38.